The quantitative estimate of drug-likeness (QED) is 0.513. The smallest absolute Gasteiger partial charge is 0.309 e. The van der Waals surface area contributed by atoms with Crippen LogP contribution < -0.4 is 0 Å². The van der Waals surface area contributed by atoms with Crippen molar-refractivity contribution in [3.8, 4) is 0 Å². The highest BCUT2D eigenvalue weighted by molar-refractivity contribution is 5.74. The van der Waals surface area contributed by atoms with Crippen molar-refractivity contribution in [1.29, 1.82) is 0 Å². The second kappa shape index (κ2) is 8.69. The van der Waals surface area contributed by atoms with Gasteiger partial charge in [-0.25, -0.2) is 0 Å². The Bertz CT molecular complexity index is 281. The molecule has 0 saturated heterocycles. The molecule has 0 aliphatic carbocycles. The maximum absolute atomic E-state index is 11.6. The molecule has 1 N–H and O–H groups in total. The van der Waals surface area contributed by atoms with Crippen LogP contribution in [0.25, 0.3) is 0 Å². The summed E-state index contributed by atoms with van der Waals surface area (Å²) in [6.07, 6.45) is 8.62. The van der Waals surface area contributed by atoms with Crippen molar-refractivity contribution < 1.29 is 9.90 Å². The van der Waals surface area contributed by atoms with Crippen LogP contribution in [0.3, 0.4) is 0 Å². The average Bonchev–Trinajstić information content (AvgIpc) is 2.45. The molecule has 0 radical (unpaired) electrons. The van der Waals surface area contributed by atoms with Crippen molar-refractivity contribution in [3.05, 3.63) is 0 Å². The average molecular weight is 284 g/mol. The zero-order valence-electron chi connectivity index (χ0n) is 14.6. The van der Waals surface area contributed by atoms with E-state index < -0.39 is 11.4 Å². The topological polar surface area (TPSA) is 37.3 Å². The van der Waals surface area contributed by atoms with Gasteiger partial charge in [0.05, 0.1) is 5.41 Å². The lowest BCUT2D eigenvalue weighted by atomic mass is 9.64. The Balaban J connectivity index is 5.13. The summed E-state index contributed by atoms with van der Waals surface area (Å²) in [5.74, 6) is 0.115. The van der Waals surface area contributed by atoms with Crippen LogP contribution in [-0.4, -0.2) is 11.1 Å². The van der Waals surface area contributed by atoms with Gasteiger partial charge in [0.2, 0.25) is 0 Å². The molecule has 20 heavy (non-hydrogen) atoms. The predicted octanol–water partition coefficient (Wildman–Crippen LogP) is 5.90. The molecule has 0 aliphatic heterocycles. The maximum atomic E-state index is 11.6. The molecule has 0 aromatic heterocycles. The van der Waals surface area contributed by atoms with E-state index in [0.29, 0.717) is 6.42 Å². The predicted molar refractivity (Wildman–Crippen MR) is 87.0 cm³/mol. The van der Waals surface area contributed by atoms with Gasteiger partial charge in [0.25, 0.3) is 0 Å². The third-order valence-electron chi connectivity index (χ3n) is 5.56. The minimum absolute atomic E-state index is 0.193. The highest BCUT2D eigenvalue weighted by atomic mass is 16.4. The molecule has 0 aromatic rings. The highest BCUT2D eigenvalue weighted by Crippen LogP contribution is 2.46. The summed E-state index contributed by atoms with van der Waals surface area (Å²) < 4.78 is 0. The molecule has 0 rings (SSSR count). The van der Waals surface area contributed by atoms with Crippen molar-refractivity contribution in [3.63, 3.8) is 0 Å². The van der Waals surface area contributed by atoms with Gasteiger partial charge < -0.3 is 5.11 Å². The van der Waals surface area contributed by atoms with Gasteiger partial charge >= 0.3 is 5.97 Å². The Kier molecular flexibility index (Phi) is 8.46. The number of carboxylic acids is 1. The van der Waals surface area contributed by atoms with Crippen LogP contribution in [0.2, 0.25) is 0 Å². The van der Waals surface area contributed by atoms with E-state index in [1.54, 1.807) is 0 Å². The van der Waals surface area contributed by atoms with E-state index in [9.17, 15) is 9.90 Å². The van der Waals surface area contributed by atoms with E-state index in [0.717, 1.165) is 25.2 Å². The summed E-state index contributed by atoms with van der Waals surface area (Å²) in [7, 11) is 0. The van der Waals surface area contributed by atoms with Crippen molar-refractivity contribution in [2.75, 3.05) is 0 Å². The highest BCUT2D eigenvalue weighted by Gasteiger charge is 2.41. The normalized spacial score (nSPS) is 16.7. The SMILES string of the molecule is CCCC(CC)CC(CC)(CC)CC(C)(CC)C(=O)O. The number of hydrogen-bond acceptors (Lipinski definition) is 1. The third-order valence-corrected chi connectivity index (χ3v) is 5.56. The van der Waals surface area contributed by atoms with Crippen LogP contribution >= 0.6 is 0 Å². The van der Waals surface area contributed by atoms with Crippen LogP contribution in [0.4, 0.5) is 0 Å². The van der Waals surface area contributed by atoms with Gasteiger partial charge in [-0.3, -0.25) is 4.79 Å². The zero-order valence-corrected chi connectivity index (χ0v) is 14.6. The van der Waals surface area contributed by atoms with Gasteiger partial charge in [-0.2, -0.15) is 0 Å². The van der Waals surface area contributed by atoms with E-state index in [-0.39, 0.29) is 5.41 Å². The molecule has 2 atom stereocenters. The van der Waals surface area contributed by atoms with Crippen LogP contribution in [0.5, 0.6) is 0 Å². The van der Waals surface area contributed by atoms with Crippen molar-refractivity contribution in [2.24, 2.45) is 16.7 Å². The molecule has 2 unspecified atom stereocenters. The van der Waals surface area contributed by atoms with Gasteiger partial charge in [0, 0.05) is 0 Å². The number of hydrogen-bond donors (Lipinski definition) is 1. The Morgan fingerprint density at radius 2 is 1.60 bits per heavy atom. The van der Waals surface area contributed by atoms with E-state index in [1.807, 2.05) is 13.8 Å². The Morgan fingerprint density at radius 1 is 1.05 bits per heavy atom. The Hall–Kier alpha value is -0.530. The lowest BCUT2D eigenvalue weighted by molar-refractivity contribution is -0.150. The lowest BCUT2D eigenvalue weighted by Gasteiger charge is -2.41. The van der Waals surface area contributed by atoms with E-state index in [1.165, 1.54) is 25.7 Å². The summed E-state index contributed by atoms with van der Waals surface area (Å²) in [6.45, 7) is 12.9. The van der Waals surface area contributed by atoms with Gasteiger partial charge in [-0.15, -0.1) is 0 Å². The first-order valence-electron chi connectivity index (χ1n) is 8.56. The number of aliphatic carboxylic acids is 1. The molecule has 0 spiro atoms. The molecule has 2 nitrogen and oxygen atoms in total. The molecule has 0 heterocycles. The monoisotopic (exact) mass is 284 g/mol. The van der Waals surface area contributed by atoms with Crippen molar-refractivity contribution >= 4 is 5.97 Å². The first kappa shape index (κ1) is 19.5. The third kappa shape index (κ3) is 5.10. The molecule has 120 valence electrons. The van der Waals surface area contributed by atoms with Gasteiger partial charge in [-0.1, -0.05) is 66.7 Å². The van der Waals surface area contributed by atoms with Crippen LogP contribution in [0, 0.1) is 16.7 Å². The second-order valence-corrected chi connectivity index (χ2v) is 6.87. The van der Waals surface area contributed by atoms with Gasteiger partial charge in [0.1, 0.15) is 0 Å². The summed E-state index contributed by atoms with van der Waals surface area (Å²) in [4.78, 5) is 11.6. The van der Waals surface area contributed by atoms with Gasteiger partial charge in [-0.05, 0) is 37.5 Å². The maximum Gasteiger partial charge on any atom is 0.309 e. The van der Waals surface area contributed by atoms with E-state index in [4.69, 9.17) is 0 Å². The molecule has 0 amide bonds. The number of carboxylic acid groups (broad SMARTS) is 1. The molecular weight excluding hydrogens is 248 g/mol. The van der Waals surface area contributed by atoms with E-state index in [2.05, 4.69) is 27.7 Å². The van der Waals surface area contributed by atoms with Crippen LogP contribution in [0.15, 0.2) is 0 Å². The van der Waals surface area contributed by atoms with Crippen LogP contribution in [0.1, 0.15) is 92.9 Å². The zero-order chi connectivity index (χ0) is 15.8. The first-order chi connectivity index (χ1) is 9.32. The lowest BCUT2D eigenvalue weighted by Crippen LogP contribution is -2.36. The molecule has 0 bridgehead atoms. The molecule has 0 saturated carbocycles. The minimum atomic E-state index is -0.630. The van der Waals surface area contributed by atoms with Crippen LogP contribution in [-0.2, 0) is 4.79 Å². The molecule has 2 heteroatoms. The largest absolute Gasteiger partial charge is 0.481 e. The fourth-order valence-electron chi connectivity index (χ4n) is 3.51. The molecule has 0 aliphatic rings. The van der Waals surface area contributed by atoms with Crippen molar-refractivity contribution in [1.82, 2.24) is 0 Å². The van der Waals surface area contributed by atoms with Crippen molar-refractivity contribution in [2.45, 2.75) is 92.9 Å². The summed E-state index contributed by atoms with van der Waals surface area (Å²) in [5, 5.41) is 9.58. The Morgan fingerprint density at radius 3 is 1.90 bits per heavy atom. The summed E-state index contributed by atoms with van der Waals surface area (Å²) >= 11 is 0. The summed E-state index contributed by atoms with van der Waals surface area (Å²) in [6, 6.07) is 0. The Labute approximate surface area is 126 Å². The minimum Gasteiger partial charge on any atom is -0.481 e. The number of carbonyl (C=O) groups is 1. The summed E-state index contributed by atoms with van der Waals surface area (Å²) in [5.41, 5.74) is -0.379. The molecule has 0 aromatic carbocycles. The van der Waals surface area contributed by atoms with E-state index >= 15 is 0 Å². The second-order valence-electron chi connectivity index (χ2n) is 6.87. The van der Waals surface area contributed by atoms with Gasteiger partial charge in [0.15, 0.2) is 0 Å². The molecule has 0 fully saturated rings. The fraction of sp³-hybridized carbons (Fsp3) is 0.944. The first-order valence-corrected chi connectivity index (χ1v) is 8.56. The fourth-order valence-corrected chi connectivity index (χ4v) is 3.51. The number of rotatable bonds is 11. The standard InChI is InChI=1S/C18H36O2/c1-7-12-15(8-2)13-18(10-4,11-5)14-17(6,9-3)16(19)20/h15H,7-14H2,1-6H3,(H,19,20). The molecular formula is C18H36O2.